The lowest BCUT2D eigenvalue weighted by atomic mass is 9.96. The van der Waals surface area contributed by atoms with Crippen molar-refractivity contribution in [3.05, 3.63) is 65.9 Å². The number of carbonyl (C=O) groups is 1. The first-order valence-electron chi connectivity index (χ1n) is 10.3. The molecule has 1 unspecified atom stereocenters. The van der Waals surface area contributed by atoms with Gasteiger partial charge in [0.05, 0.1) is 29.5 Å². The van der Waals surface area contributed by atoms with Gasteiger partial charge >= 0.3 is 12.2 Å². The van der Waals surface area contributed by atoms with Crippen molar-refractivity contribution in [2.75, 3.05) is 11.9 Å². The fourth-order valence-electron chi connectivity index (χ4n) is 4.11. The minimum absolute atomic E-state index is 0.0148. The number of alkyl halides is 3. The van der Waals surface area contributed by atoms with E-state index in [1.165, 1.54) is 28.3 Å². The molecule has 2 amide bonds. The number of carbonyl (C=O) groups excluding carboxylic acids is 1. The van der Waals surface area contributed by atoms with Crippen LogP contribution in [0.15, 0.2) is 54.5 Å². The van der Waals surface area contributed by atoms with Gasteiger partial charge in [-0.15, -0.1) is 0 Å². The van der Waals surface area contributed by atoms with Crippen LogP contribution in [0.1, 0.15) is 17.8 Å². The molecule has 1 aliphatic heterocycles. The number of hydrogen-bond donors (Lipinski definition) is 0. The average molecular weight is 463 g/mol. The van der Waals surface area contributed by atoms with Crippen molar-refractivity contribution in [1.82, 2.24) is 24.8 Å². The van der Waals surface area contributed by atoms with E-state index >= 15 is 0 Å². The lowest BCUT2D eigenvalue weighted by Crippen LogP contribution is -2.50. The number of nitriles is 1. The Bertz CT molecular complexity index is 1410. The topological polar surface area (TPSA) is 98.9 Å². The Morgan fingerprint density at radius 2 is 1.91 bits per heavy atom. The summed E-state index contributed by atoms with van der Waals surface area (Å²) in [6.07, 6.45) is 3.63. The van der Waals surface area contributed by atoms with Crippen LogP contribution in [-0.2, 0) is 6.54 Å². The number of amides is 2. The van der Waals surface area contributed by atoms with Crippen molar-refractivity contribution < 1.29 is 18.0 Å². The number of pyridine rings is 2. The monoisotopic (exact) mass is 463 g/mol. The highest BCUT2D eigenvalue weighted by Gasteiger charge is 2.40. The third-order valence-electron chi connectivity index (χ3n) is 5.75. The summed E-state index contributed by atoms with van der Waals surface area (Å²) < 4.78 is 40.3. The van der Waals surface area contributed by atoms with Crippen LogP contribution in [0.4, 0.5) is 23.7 Å². The van der Waals surface area contributed by atoms with Gasteiger partial charge in [-0.3, -0.25) is 9.88 Å². The number of fused-ring (bicyclic) bond motifs is 3. The zero-order chi connectivity index (χ0) is 24.0. The van der Waals surface area contributed by atoms with E-state index in [2.05, 4.69) is 19.9 Å². The highest BCUT2D eigenvalue weighted by Crippen LogP contribution is 2.40. The molecule has 4 heterocycles. The number of nitrogens with zero attached hydrogens (tertiary/aromatic N) is 7. The minimum Gasteiger partial charge on any atom is -0.323 e. The van der Waals surface area contributed by atoms with E-state index in [9.17, 15) is 18.0 Å². The molecule has 34 heavy (non-hydrogen) atoms. The van der Waals surface area contributed by atoms with E-state index in [4.69, 9.17) is 5.26 Å². The predicted molar refractivity (Wildman–Crippen MR) is 116 cm³/mol. The smallest absolute Gasteiger partial charge is 0.323 e. The van der Waals surface area contributed by atoms with Crippen molar-refractivity contribution in [2.24, 2.45) is 0 Å². The molecule has 0 radical (unpaired) electrons. The van der Waals surface area contributed by atoms with Crippen molar-refractivity contribution in [2.45, 2.75) is 25.2 Å². The molecule has 3 aromatic rings. The zero-order valence-electron chi connectivity index (χ0n) is 17.8. The summed E-state index contributed by atoms with van der Waals surface area (Å²) in [6.45, 7) is 0.248. The summed E-state index contributed by atoms with van der Waals surface area (Å²) in [5.41, 5.74) is 2.31. The van der Waals surface area contributed by atoms with Gasteiger partial charge in [0.25, 0.3) is 0 Å². The van der Waals surface area contributed by atoms with E-state index in [1.807, 2.05) is 6.07 Å². The quantitative estimate of drug-likeness (QED) is 0.566. The van der Waals surface area contributed by atoms with E-state index < -0.39 is 23.8 Å². The highest BCUT2D eigenvalue weighted by molar-refractivity contribution is 6.04. The van der Waals surface area contributed by atoms with Gasteiger partial charge in [-0.25, -0.2) is 19.7 Å². The highest BCUT2D eigenvalue weighted by atomic mass is 19.4. The van der Waals surface area contributed by atoms with Crippen LogP contribution in [0, 0.1) is 11.3 Å². The lowest BCUT2D eigenvalue weighted by Gasteiger charge is -2.40. The molecular formula is C23H16F3N7O. The van der Waals surface area contributed by atoms with E-state index in [0.29, 0.717) is 33.5 Å². The number of hydrogen-bond acceptors (Lipinski definition) is 6. The van der Waals surface area contributed by atoms with E-state index in [-0.39, 0.29) is 18.8 Å². The summed E-state index contributed by atoms with van der Waals surface area (Å²) in [7, 11) is 1.59. The van der Waals surface area contributed by atoms with Crippen LogP contribution in [0.25, 0.3) is 22.3 Å². The molecule has 8 nitrogen and oxygen atoms in total. The normalized spacial score (nSPS) is 18.0. The predicted octanol–water partition coefficient (Wildman–Crippen LogP) is 4.15. The van der Waals surface area contributed by atoms with E-state index in [0.717, 1.165) is 6.08 Å². The molecule has 0 spiro atoms. The molecule has 2 aliphatic rings. The van der Waals surface area contributed by atoms with Gasteiger partial charge in [-0.2, -0.15) is 18.4 Å². The SMILES string of the molecule is CN1Cc2cnc3ccc(-c4cnc(C#N)nc4)nc3c2N(C2C=CC=C(C(F)(F)F)C2)C1=O. The number of aromatic nitrogens is 4. The molecule has 5 rings (SSSR count). The molecular weight excluding hydrogens is 447 g/mol. The van der Waals surface area contributed by atoms with Crippen LogP contribution in [0.5, 0.6) is 0 Å². The van der Waals surface area contributed by atoms with Crippen LogP contribution in [0.3, 0.4) is 0 Å². The second-order valence-corrected chi connectivity index (χ2v) is 7.96. The molecule has 1 atom stereocenters. The zero-order valence-corrected chi connectivity index (χ0v) is 17.8. The largest absolute Gasteiger partial charge is 0.412 e. The third kappa shape index (κ3) is 3.63. The van der Waals surface area contributed by atoms with Gasteiger partial charge in [0.2, 0.25) is 5.82 Å². The van der Waals surface area contributed by atoms with Gasteiger partial charge in [0, 0.05) is 48.8 Å². The van der Waals surface area contributed by atoms with Crippen LogP contribution in [-0.4, -0.2) is 50.1 Å². The van der Waals surface area contributed by atoms with E-state index in [1.54, 1.807) is 31.5 Å². The Kier molecular flexibility index (Phi) is 5.01. The maximum absolute atomic E-state index is 13.4. The molecule has 0 aromatic carbocycles. The Balaban J connectivity index is 1.65. The Morgan fingerprint density at radius 3 is 2.62 bits per heavy atom. The van der Waals surface area contributed by atoms with Gasteiger partial charge in [-0.1, -0.05) is 18.2 Å². The summed E-state index contributed by atoms with van der Waals surface area (Å²) in [5.74, 6) is 0.0148. The maximum atomic E-state index is 13.4. The van der Waals surface area contributed by atoms with Gasteiger partial charge in [0.1, 0.15) is 11.6 Å². The molecule has 11 heteroatoms. The molecule has 0 saturated heterocycles. The first kappa shape index (κ1) is 21.5. The Hall–Kier alpha value is -4.33. The number of anilines is 1. The Labute approximate surface area is 191 Å². The molecule has 0 bridgehead atoms. The fraction of sp³-hybridized carbons (Fsp3) is 0.217. The number of halogens is 3. The summed E-state index contributed by atoms with van der Waals surface area (Å²) >= 11 is 0. The van der Waals surface area contributed by atoms with Crippen molar-refractivity contribution >= 4 is 22.8 Å². The molecule has 0 saturated carbocycles. The minimum atomic E-state index is -4.49. The summed E-state index contributed by atoms with van der Waals surface area (Å²) in [4.78, 5) is 33.1. The first-order chi connectivity index (χ1) is 16.3. The summed E-state index contributed by atoms with van der Waals surface area (Å²) in [6, 6.07) is 4.01. The third-order valence-corrected chi connectivity index (χ3v) is 5.75. The maximum Gasteiger partial charge on any atom is 0.412 e. The molecule has 3 aromatic heterocycles. The molecule has 0 fully saturated rings. The average Bonchev–Trinajstić information content (AvgIpc) is 2.84. The van der Waals surface area contributed by atoms with Crippen LogP contribution < -0.4 is 4.90 Å². The lowest BCUT2D eigenvalue weighted by molar-refractivity contribution is -0.0944. The first-order valence-corrected chi connectivity index (χ1v) is 10.3. The van der Waals surface area contributed by atoms with Crippen molar-refractivity contribution in [3.8, 4) is 17.3 Å². The van der Waals surface area contributed by atoms with Crippen molar-refractivity contribution in [1.29, 1.82) is 5.26 Å². The molecule has 0 N–H and O–H groups in total. The second kappa shape index (κ2) is 7.91. The fourth-order valence-corrected chi connectivity index (χ4v) is 4.11. The Morgan fingerprint density at radius 1 is 1.15 bits per heavy atom. The number of urea groups is 1. The number of allylic oxidation sites excluding steroid dienone is 2. The van der Waals surface area contributed by atoms with Crippen molar-refractivity contribution in [3.63, 3.8) is 0 Å². The molecule has 170 valence electrons. The summed E-state index contributed by atoms with van der Waals surface area (Å²) in [5, 5.41) is 8.92. The molecule has 1 aliphatic carbocycles. The van der Waals surface area contributed by atoms with Gasteiger partial charge < -0.3 is 4.90 Å². The van der Waals surface area contributed by atoms with Gasteiger partial charge in [0.15, 0.2) is 0 Å². The second-order valence-electron chi connectivity index (χ2n) is 7.96. The van der Waals surface area contributed by atoms with Crippen LogP contribution >= 0.6 is 0 Å². The standard InChI is InChI=1S/C23H16F3N7O/c1-32-12-14-11-28-18-6-5-17(13-9-29-19(8-27)30-10-13)31-20(18)21(14)33(22(32)34)16-4-2-3-15(7-16)23(24,25)26/h2-6,9-11,16H,7,12H2,1H3. The van der Waals surface area contributed by atoms with Gasteiger partial charge in [-0.05, 0) is 12.1 Å². The number of rotatable bonds is 2. The van der Waals surface area contributed by atoms with Crippen LogP contribution in [0.2, 0.25) is 0 Å².